The number of halogens is 1. The lowest BCUT2D eigenvalue weighted by Gasteiger charge is -2.07. The van der Waals surface area contributed by atoms with Gasteiger partial charge in [0.25, 0.3) is 5.91 Å². The Kier molecular flexibility index (Phi) is 3.50. The van der Waals surface area contributed by atoms with Gasteiger partial charge in [0.1, 0.15) is 5.82 Å². The van der Waals surface area contributed by atoms with Crippen LogP contribution >= 0.6 is 0 Å². The molecule has 2 aromatic rings. The average molecular weight is 263 g/mol. The van der Waals surface area contributed by atoms with Crippen LogP contribution in [0, 0.1) is 19.7 Å². The van der Waals surface area contributed by atoms with Gasteiger partial charge in [0.05, 0.1) is 12.2 Å². The van der Waals surface area contributed by atoms with Crippen LogP contribution < -0.4 is 11.1 Å². The van der Waals surface area contributed by atoms with Crippen molar-refractivity contribution in [1.29, 1.82) is 0 Å². The third-order valence-corrected chi connectivity index (χ3v) is 2.75. The van der Waals surface area contributed by atoms with Crippen LogP contribution in [0.5, 0.6) is 0 Å². The Morgan fingerprint density at radius 3 is 2.74 bits per heavy atom. The van der Waals surface area contributed by atoms with Gasteiger partial charge in [0.2, 0.25) is 0 Å². The fourth-order valence-corrected chi connectivity index (χ4v) is 1.60. The van der Waals surface area contributed by atoms with Crippen LogP contribution in [-0.4, -0.2) is 11.1 Å². The van der Waals surface area contributed by atoms with Gasteiger partial charge in [-0.2, -0.15) is 0 Å². The molecule has 1 heterocycles. The number of nitrogens with zero attached hydrogens (tertiary/aromatic N) is 1. The van der Waals surface area contributed by atoms with Crippen LogP contribution in [0.4, 0.5) is 10.1 Å². The normalized spacial score (nSPS) is 10.5. The quantitative estimate of drug-likeness (QED) is 0.829. The number of aryl methyl sites for hydroxylation is 1. The van der Waals surface area contributed by atoms with Crippen molar-refractivity contribution in [2.75, 3.05) is 5.73 Å². The lowest BCUT2D eigenvalue weighted by molar-refractivity contribution is 0.0946. The fraction of sp³-hybridized carbons (Fsp3) is 0.231. The zero-order valence-electron chi connectivity index (χ0n) is 10.7. The number of rotatable bonds is 3. The highest BCUT2D eigenvalue weighted by atomic mass is 19.1. The van der Waals surface area contributed by atoms with E-state index >= 15 is 0 Å². The molecular formula is C13H14FN3O2. The summed E-state index contributed by atoms with van der Waals surface area (Å²) >= 11 is 0. The molecular weight excluding hydrogens is 249 g/mol. The zero-order valence-corrected chi connectivity index (χ0v) is 10.7. The molecule has 100 valence electrons. The van der Waals surface area contributed by atoms with E-state index in [2.05, 4.69) is 10.5 Å². The third kappa shape index (κ3) is 2.90. The molecule has 0 saturated carbocycles. The molecule has 0 aliphatic carbocycles. The van der Waals surface area contributed by atoms with E-state index in [0.717, 1.165) is 11.8 Å². The van der Waals surface area contributed by atoms with Gasteiger partial charge in [-0.25, -0.2) is 4.39 Å². The van der Waals surface area contributed by atoms with Crippen molar-refractivity contribution in [1.82, 2.24) is 10.5 Å². The first-order valence-corrected chi connectivity index (χ1v) is 5.73. The Hall–Kier alpha value is -2.37. The minimum absolute atomic E-state index is 0.178. The number of hydrogen-bond donors (Lipinski definition) is 2. The Balaban J connectivity index is 2.08. The highest BCUT2D eigenvalue weighted by Gasteiger charge is 2.11. The minimum Gasteiger partial charge on any atom is -0.398 e. The van der Waals surface area contributed by atoms with Gasteiger partial charge in [-0.05, 0) is 26.0 Å². The van der Waals surface area contributed by atoms with E-state index in [4.69, 9.17) is 10.3 Å². The van der Waals surface area contributed by atoms with Crippen molar-refractivity contribution in [3.8, 4) is 0 Å². The van der Waals surface area contributed by atoms with Crippen molar-refractivity contribution in [3.05, 3.63) is 46.6 Å². The van der Waals surface area contributed by atoms with Crippen LogP contribution in [0.3, 0.4) is 0 Å². The number of benzene rings is 1. The highest BCUT2D eigenvalue weighted by Crippen LogP contribution is 2.17. The Morgan fingerprint density at radius 1 is 1.42 bits per heavy atom. The molecule has 0 bridgehead atoms. The Morgan fingerprint density at radius 2 is 2.16 bits per heavy atom. The second-order valence-electron chi connectivity index (χ2n) is 4.29. The number of hydrogen-bond acceptors (Lipinski definition) is 4. The monoisotopic (exact) mass is 263 g/mol. The molecule has 2 rings (SSSR count). The zero-order chi connectivity index (χ0) is 14.0. The summed E-state index contributed by atoms with van der Waals surface area (Å²) < 4.78 is 18.4. The molecule has 5 nitrogen and oxygen atoms in total. The number of nitrogens with one attached hydrogen (secondary N) is 1. The largest absolute Gasteiger partial charge is 0.398 e. The molecule has 3 N–H and O–H groups in total. The van der Waals surface area contributed by atoms with Crippen molar-refractivity contribution < 1.29 is 13.7 Å². The van der Waals surface area contributed by atoms with Gasteiger partial charge >= 0.3 is 0 Å². The molecule has 0 spiro atoms. The fourth-order valence-electron chi connectivity index (χ4n) is 1.60. The number of carbonyl (C=O) groups is 1. The average Bonchev–Trinajstić information content (AvgIpc) is 2.78. The Labute approximate surface area is 109 Å². The van der Waals surface area contributed by atoms with Crippen molar-refractivity contribution in [3.63, 3.8) is 0 Å². The smallest absolute Gasteiger partial charge is 0.251 e. The third-order valence-electron chi connectivity index (χ3n) is 2.75. The number of aromatic nitrogens is 1. The number of carbonyl (C=O) groups excluding carboxylic acids is 1. The number of anilines is 1. The van der Waals surface area contributed by atoms with Crippen LogP contribution in [0.2, 0.25) is 0 Å². The molecule has 0 aliphatic heterocycles. The molecule has 6 heteroatoms. The Bertz CT molecular complexity index is 599. The molecule has 0 unspecified atom stereocenters. The van der Waals surface area contributed by atoms with Gasteiger partial charge in [-0.1, -0.05) is 5.16 Å². The lowest BCUT2D eigenvalue weighted by Crippen LogP contribution is -2.23. The molecule has 19 heavy (non-hydrogen) atoms. The van der Waals surface area contributed by atoms with Crippen LogP contribution in [0.25, 0.3) is 0 Å². The number of amides is 1. The number of nitrogens with two attached hydrogens (primary N) is 1. The first-order valence-electron chi connectivity index (χ1n) is 5.73. The lowest BCUT2D eigenvalue weighted by atomic mass is 10.1. The predicted molar refractivity (Wildman–Crippen MR) is 68.0 cm³/mol. The number of nitrogen functional groups attached to an aromatic ring is 1. The van der Waals surface area contributed by atoms with E-state index < -0.39 is 11.7 Å². The van der Waals surface area contributed by atoms with Crippen LogP contribution in [-0.2, 0) is 6.54 Å². The topological polar surface area (TPSA) is 81.2 Å². The highest BCUT2D eigenvalue weighted by molar-refractivity contribution is 5.95. The first kappa shape index (κ1) is 13.1. The summed E-state index contributed by atoms with van der Waals surface area (Å²) in [7, 11) is 0. The van der Waals surface area contributed by atoms with Crippen molar-refractivity contribution >= 4 is 11.6 Å². The molecule has 1 aromatic heterocycles. The molecule has 0 radical (unpaired) electrons. The van der Waals surface area contributed by atoms with E-state index in [-0.39, 0.29) is 17.8 Å². The standard InChI is InChI=1S/C13H14FN3O2/c1-7-3-10(19-17-7)6-16-13(18)9-4-11(14)8(2)12(15)5-9/h3-5H,6,15H2,1-2H3,(H,16,18). The minimum atomic E-state index is -0.499. The summed E-state index contributed by atoms with van der Waals surface area (Å²) in [4.78, 5) is 11.8. The van der Waals surface area contributed by atoms with Crippen LogP contribution in [0.1, 0.15) is 27.4 Å². The maximum absolute atomic E-state index is 13.5. The summed E-state index contributed by atoms with van der Waals surface area (Å²) in [5.74, 6) is -0.383. The van der Waals surface area contributed by atoms with Crippen molar-refractivity contribution in [2.45, 2.75) is 20.4 Å². The second-order valence-corrected chi connectivity index (χ2v) is 4.29. The van der Waals surface area contributed by atoms with Gasteiger partial charge in [-0.15, -0.1) is 0 Å². The van der Waals surface area contributed by atoms with E-state index in [0.29, 0.717) is 11.3 Å². The summed E-state index contributed by atoms with van der Waals surface area (Å²) in [6.45, 7) is 3.53. The van der Waals surface area contributed by atoms with E-state index in [9.17, 15) is 9.18 Å². The maximum atomic E-state index is 13.5. The summed E-state index contributed by atoms with van der Waals surface area (Å²) in [5.41, 5.74) is 7.12. The SMILES string of the molecule is Cc1cc(CNC(=O)c2cc(N)c(C)c(F)c2)on1. The second kappa shape index (κ2) is 5.09. The first-order chi connectivity index (χ1) is 8.97. The summed E-state index contributed by atoms with van der Waals surface area (Å²) in [6, 6.07) is 4.32. The van der Waals surface area contributed by atoms with E-state index in [1.54, 1.807) is 19.9 Å². The van der Waals surface area contributed by atoms with E-state index in [1.807, 2.05) is 0 Å². The summed E-state index contributed by atoms with van der Waals surface area (Å²) in [6.07, 6.45) is 0. The molecule has 0 atom stereocenters. The van der Waals surface area contributed by atoms with Gasteiger partial charge in [0.15, 0.2) is 5.76 Å². The van der Waals surface area contributed by atoms with Gasteiger partial charge in [-0.3, -0.25) is 4.79 Å². The molecule has 1 aromatic carbocycles. The molecule has 0 saturated heterocycles. The maximum Gasteiger partial charge on any atom is 0.251 e. The van der Waals surface area contributed by atoms with Crippen molar-refractivity contribution in [2.24, 2.45) is 0 Å². The predicted octanol–water partition coefficient (Wildman–Crippen LogP) is 1.94. The summed E-state index contributed by atoms with van der Waals surface area (Å²) in [5, 5.41) is 6.31. The van der Waals surface area contributed by atoms with E-state index in [1.165, 1.54) is 6.07 Å². The molecule has 1 amide bonds. The van der Waals surface area contributed by atoms with Gasteiger partial charge < -0.3 is 15.6 Å². The van der Waals surface area contributed by atoms with Gasteiger partial charge in [0, 0.05) is 22.9 Å². The van der Waals surface area contributed by atoms with Crippen LogP contribution in [0.15, 0.2) is 22.7 Å². The molecule has 0 fully saturated rings. The molecule has 0 aliphatic rings.